The Hall–Kier alpha value is -1.51. The van der Waals surface area contributed by atoms with Crippen molar-refractivity contribution < 1.29 is 9.53 Å². The third kappa shape index (κ3) is 13.3. The van der Waals surface area contributed by atoms with Crippen LogP contribution in [-0.4, -0.2) is 19.1 Å². The second kappa shape index (κ2) is 15.5. The average molecular weight is 376 g/mol. The van der Waals surface area contributed by atoms with Crippen molar-refractivity contribution in [1.82, 2.24) is 5.32 Å². The first-order chi connectivity index (χ1) is 13.1. The topological polar surface area (TPSA) is 38.3 Å². The molecule has 0 aromatic heterocycles. The van der Waals surface area contributed by atoms with E-state index in [1.165, 1.54) is 50.5 Å². The summed E-state index contributed by atoms with van der Waals surface area (Å²) in [5.74, 6) is 1.71. The Labute approximate surface area is 167 Å². The standard InChI is InChI=1S/C24H41NO2/c1-4-5-6-7-8-10-13-22(3)20-25-24(26)14-11-9-12-19-27-23-17-15-21(2)16-18-23/h15-18,22H,4-14,19-20H2,1-3H3,(H,25,26). The molecule has 0 saturated carbocycles. The first-order valence-electron chi connectivity index (χ1n) is 11.1. The molecule has 0 heterocycles. The third-order valence-electron chi connectivity index (χ3n) is 5.04. The van der Waals surface area contributed by atoms with Gasteiger partial charge in [0.05, 0.1) is 6.61 Å². The van der Waals surface area contributed by atoms with Crippen LogP contribution in [0.5, 0.6) is 5.75 Å². The highest BCUT2D eigenvalue weighted by atomic mass is 16.5. The zero-order chi connectivity index (χ0) is 19.7. The zero-order valence-corrected chi connectivity index (χ0v) is 17.9. The lowest BCUT2D eigenvalue weighted by Crippen LogP contribution is -2.28. The summed E-state index contributed by atoms with van der Waals surface area (Å²) in [4.78, 5) is 11.9. The molecule has 1 amide bonds. The van der Waals surface area contributed by atoms with Crippen molar-refractivity contribution in [2.45, 2.75) is 91.4 Å². The molecule has 1 aromatic carbocycles. The van der Waals surface area contributed by atoms with Gasteiger partial charge in [-0.2, -0.15) is 0 Å². The lowest BCUT2D eigenvalue weighted by molar-refractivity contribution is -0.121. The molecule has 0 aliphatic rings. The van der Waals surface area contributed by atoms with Crippen LogP contribution in [0.2, 0.25) is 0 Å². The summed E-state index contributed by atoms with van der Waals surface area (Å²) in [5.41, 5.74) is 1.25. The molecule has 1 unspecified atom stereocenters. The molecule has 0 saturated heterocycles. The van der Waals surface area contributed by atoms with Crippen molar-refractivity contribution in [3.05, 3.63) is 29.8 Å². The molecule has 3 heteroatoms. The number of rotatable bonds is 16. The van der Waals surface area contributed by atoms with Gasteiger partial charge in [-0.1, -0.05) is 70.1 Å². The number of unbranched alkanes of at least 4 members (excludes halogenated alkanes) is 7. The summed E-state index contributed by atoms with van der Waals surface area (Å²) in [5, 5.41) is 3.10. The normalized spacial score (nSPS) is 12.0. The van der Waals surface area contributed by atoms with Gasteiger partial charge in [-0.25, -0.2) is 0 Å². The number of benzene rings is 1. The van der Waals surface area contributed by atoms with Gasteiger partial charge >= 0.3 is 0 Å². The Morgan fingerprint density at radius 3 is 2.37 bits per heavy atom. The molecule has 3 nitrogen and oxygen atoms in total. The second-order valence-electron chi connectivity index (χ2n) is 7.94. The largest absolute Gasteiger partial charge is 0.494 e. The maximum atomic E-state index is 11.9. The van der Waals surface area contributed by atoms with E-state index in [-0.39, 0.29) is 5.91 Å². The lowest BCUT2D eigenvalue weighted by atomic mass is 10.0. The molecule has 27 heavy (non-hydrogen) atoms. The molecule has 154 valence electrons. The Morgan fingerprint density at radius 1 is 0.963 bits per heavy atom. The van der Waals surface area contributed by atoms with Crippen LogP contribution in [0.1, 0.15) is 90.0 Å². The molecule has 1 aromatic rings. The van der Waals surface area contributed by atoms with Gasteiger partial charge in [0.25, 0.3) is 0 Å². The van der Waals surface area contributed by atoms with Gasteiger partial charge in [-0.3, -0.25) is 4.79 Å². The Morgan fingerprint density at radius 2 is 1.63 bits per heavy atom. The van der Waals surface area contributed by atoms with Crippen LogP contribution in [0.15, 0.2) is 24.3 Å². The summed E-state index contributed by atoms with van der Waals surface area (Å²) < 4.78 is 5.71. The second-order valence-corrected chi connectivity index (χ2v) is 7.94. The molecule has 0 aliphatic heterocycles. The number of aryl methyl sites for hydroxylation is 1. The third-order valence-corrected chi connectivity index (χ3v) is 5.04. The average Bonchev–Trinajstić information content (AvgIpc) is 2.67. The minimum atomic E-state index is 0.198. The molecule has 1 N–H and O–H groups in total. The fourth-order valence-corrected chi connectivity index (χ4v) is 3.14. The van der Waals surface area contributed by atoms with E-state index in [2.05, 4.69) is 38.2 Å². The van der Waals surface area contributed by atoms with E-state index in [9.17, 15) is 4.79 Å². The van der Waals surface area contributed by atoms with Crippen molar-refractivity contribution in [2.75, 3.05) is 13.2 Å². The number of carbonyl (C=O) groups is 1. The van der Waals surface area contributed by atoms with Gasteiger partial charge in [0.2, 0.25) is 5.91 Å². The molecular formula is C24H41NO2. The van der Waals surface area contributed by atoms with Crippen LogP contribution < -0.4 is 10.1 Å². The van der Waals surface area contributed by atoms with Gasteiger partial charge in [-0.15, -0.1) is 0 Å². The van der Waals surface area contributed by atoms with E-state index in [0.29, 0.717) is 12.3 Å². The smallest absolute Gasteiger partial charge is 0.220 e. The number of nitrogens with one attached hydrogen (secondary N) is 1. The van der Waals surface area contributed by atoms with Gasteiger partial charge < -0.3 is 10.1 Å². The minimum Gasteiger partial charge on any atom is -0.494 e. The highest BCUT2D eigenvalue weighted by Crippen LogP contribution is 2.13. The van der Waals surface area contributed by atoms with Gasteiger partial charge in [0.1, 0.15) is 5.75 Å². The van der Waals surface area contributed by atoms with Crippen molar-refractivity contribution in [3.63, 3.8) is 0 Å². The number of ether oxygens (including phenoxy) is 1. The monoisotopic (exact) mass is 375 g/mol. The Kier molecular flexibility index (Phi) is 13.5. The van der Waals surface area contributed by atoms with E-state index in [1.807, 2.05) is 12.1 Å². The molecule has 0 spiro atoms. The Balaban J connectivity index is 1.92. The molecule has 0 bridgehead atoms. The summed E-state index contributed by atoms with van der Waals surface area (Å²) in [6.07, 6.45) is 12.9. The lowest BCUT2D eigenvalue weighted by Gasteiger charge is -2.12. The van der Waals surface area contributed by atoms with Gasteiger partial charge in [0, 0.05) is 13.0 Å². The first kappa shape index (κ1) is 23.5. The summed E-state index contributed by atoms with van der Waals surface area (Å²) in [7, 11) is 0. The molecular weight excluding hydrogens is 334 g/mol. The maximum absolute atomic E-state index is 11.9. The van der Waals surface area contributed by atoms with Crippen molar-refractivity contribution in [3.8, 4) is 5.75 Å². The van der Waals surface area contributed by atoms with Crippen LogP contribution in [0.3, 0.4) is 0 Å². The summed E-state index contributed by atoms with van der Waals surface area (Å²) >= 11 is 0. The maximum Gasteiger partial charge on any atom is 0.220 e. The number of hydrogen-bond acceptors (Lipinski definition) is 2. The van der Waals surface area contributed by atoms with Crippen molar-refractivity contribution in [1.29, 1.82) is 0 Å². The van der Waals surface area contributed by atoms with Crippen LogP contribution in [0.25, 0.3) is 0 Å². The summed E-state index contributed by atoms with van der Waals surface area (Å²) in [6.45, 7) is 8.12. The van der Waals surface area contributed by atoms with Crippen LogP contribution in [-0.2, 0) is 4.79 Å². The first-order valence-corrected chi connectivity index (χ1v) is 11.1. The fraction of sp³-hybridized carbons (Fsp3) is 0.708. The predicted octanol–water partition coefficient (Wildman–Crippen LogP) is 6.44. The van der Waals surface area contributed by atoms with Crippen molar-refractivity contribution >= 4 is 5.91 Å². The minimum absolute atomic E-state index is 0.198. The predicted molar refractivity (Wildman–Crippen MR) is 115 cm³/mol. The Bertz CT molecular complexity index is 484. The van der Waals surface area contributed by atoms with E-state index in [0.717, 1.165) is 38.2 Å². The molecule has 0 fully saturated rings. The fourth-order valence-electron chi connectivity index (χ4n) is 3.14. The number of hydrogen-bond donors (Lipinski definition) is 1. The summed E-state index contributed by atoms with van der Waals surface area (Å²) in [6, 6.07) is 8.14. The molecule has 1 atom stereocenters. The molecule has 0 aliphatic carbocycles. The number of carbonyl (C=O) groups excluding carboxylic acids is 1. The van der Waals surface area contributed by atoms with E-state index >= 15 is 0 Å². The number of amides is 1. The van der Waals surface area contributed by atoms with E-state index in [4.69, 9.17) is 4.74 Å². The van der Waals surface area contributed by atoms with Crippen LogP contribution in [0.4, 0.5) is 0 Å². The highest BCUT2D eigenvalue weighted by molar-refractivity contribution is 5.75. The zero-order valence-electron chi connectivity index (χ0n) is 17.9. The van der Waals surface area contributed by atoms with Crippen LogP contribution in [0, 0.1) is 12.8 Å². The molecule has 0 radical (unpaired) electrons. The highest BCUT2D eigenvalue weighted by Gasteiger charge is 2.05. The quantitative estimate of drug-likeness (QED) is 0.338. The van der Waals surface area contributed by atoms with Gasteiger partial charge in [0.15, 0.2) is 0 Å². The van der Waals surface area contributed by atoms with Crippen molar-refractivity contribution in [2.24, 2.45) is 5.92 Å². The van der Waals surface area contributed by atoms with Crippen LogP contribution >= 0.6 is 0 Å². The SMILES string of the molecule is CCCCCCCCC(C)CNC(=O)CCCCCOc1ccc(C)cc1. The van der Waals surface area contributed by atoms with E-state index < -0.39 is 0 Å². The van der Waals surface area contributed by atoms with E-state index in [1.54, 1.807) is 0 Å². The molecule has 1 rings (SSSR count). The van der Waals surface area contributed by atoms with Gasteiger partial charge in [-0.05, 0) is 50.7 Å².